The zero-order valence-corrected chi connectivity index (χ0v) is 15.5. The van der Waals surface area contributed by atoms with Gasteiger partial charge < -0.3 is 10.1 Å². The molecule has 3 aromatic carbocycles. The minimum Gasteiger partial charge on any atom is -0.488 e. The lowest BCUT2D eigenvalue weighted by molar-refractivity contribution is 0.304. The lowest BCUT2D eigenvalue weighted by atomic mass is 10.2. The monoisotopic (exact) mass is 399 g/mol. The summed E-state index contributed by atoms with van der Waals surface area (Å²) in [4.78, 5) is 0. The highest BCUT2D eigenvalue weighted by Gasteiger charge is 2.04. The molecule has 0 saturated carbocycles. The van der Waals surface area contributed by atoms with E-state index in [4.69, 9.17) is 4.74 Å². The molecule has 0 radical (unpaired) electrons. The van der Waals surface area contributed by atoms with Crippen LogP contribution in [0.5, 0.6) is 5.75 Å². The third-order valence-corrected chi connectivity index (χ3v) is 4.47. The topological polar surface area (TPSA) is 21.3 Å². The van der Waals surface area contributed by atoms with Crippen molar-refractivity contribution in [3.63, 3.8) is 0 Å². The molecule has 3 aromatic rings. The maximum atomic E-state index is 12.9. The van der Waals surface area contributed by atoms with Crippen LogP contribution in [0.3, 0.4) is 0 Å². The van der Waals surface area contributed by atoms with Crippen molar-refractivity contribution in [2.24, 2.45) is 0 Å². The highest BCUT2D eigenvalue weighted by molar-refractivity contribution is 9.10. The maximum Gasteiger partial charge on any atom is 0.134 e. The van der Waals surface area contributed by atoms with Crippen molar-refractivity contribution in [1.29, 1.82) is 0 Å². The molecule has 0 unspecified atom stereocenters. The van der Waals surface area contributed by atoms with E-state index >= 15 is 0 Å². The van der Waals surface area contributed by atoms with Crippen molar-refractivity contribution in [1.82, 2.24) is 0 Å². The van der Waals surface area contributed by atoms with Crippen LogP contribution in [0.1, 0.15) is 16.7 Å². The van der Waals surface area contributed by atoms with Crippen LogP contribution in [0, 0.1) is 12.7 Å². The molecule has 0 atom stereocenters. The second-order valence-corrected chi connectivity index (χ2v) is 6.75. The first-order valence-corrected chi connectivity index (χ1v) is 8.86. The summed E-state index contributed by atoms with van der Waals surface area (Å²) in [6.07, 6.45) is 0. The van der Waals surface area contributed by atoms with Crippen LogP contribution < -0.4 is 10.1 Å². The number of halogens is 2. The van der Waals surface area contributed by atoms with Gasteiger partial charge in [-0.15, -0.1) is 0 Å². The molecule has 128 valence electrons. The molecule has 0 aliphatic carbocycles. The van der Waals surface area contributed by atoms with Crippen molar-refractivity contribution >= 4 is 21.6 Å². The molecular formula is C21H19BrFNO. The Bertz CT molecular complexity index is 832. The van der Waals surface area contributed by atoms with Crippen LogP contribution in [0.2, 0.25) is 0 Å². The molecule has 0 aliphatic heterocycles. The first-order chi connectivity index (χ1) is 12.1. The highest BCUT2D eigenvalue weighted by Crippen LogP contribution is 2.27. The van der Waals surface area contributed by atoms with Crippen LogP contribution in [0.15, 0.2) is 71.2 Å². The number of ether oxygens (including phenoxy) is 1. The van der Waals surface area contributed by atoms with Crippen molar-refractivity contribution in [3.8, 4) is 5.75 Å². The summed E-state index contributed by atoms with van der Waals surface area (Å²) in [6, 6.07) is 20.7. The number of anilines is 1. The predicted octanol–water partition coefficient (Wildman–Crippen LogP) is 6.09. The van der Waals surface area contributed by atoms with Gasteiger partial charge in [-0.3, -0.25) is 0 Å². The van der Waals surface area contributed by atoms with Gasteiger partial charge in [0.05, 0.1) is 4.47 Å². The lowest BCUT2D eigenvalue weighted by Crippen LogP contribution is -2.00. The Morgan fingerprint density at radius 2 is 1.60 bits per heavy atom. The van der Waals surface area contributed by atoms with E-state index in [0.717, 1.165) is 33.6 Å². The molecule has 0 aliphatic rings. The Hall–Kier alpha value is -2.33. The summed E-state index contributed by atoms with van der Waals surface area (Å²) in [5.41, 5.74) is 4.43. The average molecular weight is 400 g/mol. The number of rotatable bonds is 6. The minimum atomic E-state index is -0.240. The molecule has 0 amide bonds. The second-order valence-electron chi connectivity index (χ2n) is 5.90. The summed E-state index contributed by atoms with van der Waals surface area (Å²) in [6.45, 7) is 3.21. The fourth-order valence-corrected chi connectivity index (χ4v) is 2.93. The third kappa shape index (κ3) is 5.07. The SMILES string of the molecule is Cc1ccc(NCc2ccc(OCc3ccc(F)cc3)c(Br)c2)cc1. The molecule has 0 aromatic heterocycles. The fraction of sp³-hybridized carbons (Fsp3) is 0.143. The van der Waals surface area contributed by atoms with Crippen LogP contribution in [0.25, 0.3) is 0 Å². The van der Waals surface area contributed by atoms with Crippen molar-refractivity contribution < 1.29 is 9.13 Å². The number of hydrogen-bond acceptors (Lipinski definition) is 2. The van der Waals surface area contributed by atoms with Crippen molar-refractivity contribution in [2.75, 3.05) is 5.32 Å². The van der Waals surface area contributed by atoms with E-state index in [9.17, 15) is 4.39 Å². The van der Waals surface area contributed by atoms with Gasteiger partial charge >= 0.3 is 0 Å². The van der Waals surface area contributed by atoms with Crippen LogP contribution in [-0.4, -0.2) is 0 Å². The molecule has 0 heterocycles. The maximum absolute atomic E-state index is 12.9. The van der Waals surface area contributed by atoms with E-state index in [1.165, 1.54) is 17.7 Å². The summed E-state index contributed by atoms with van der Waals surface area (Å²) in [7, 11) is 0. The number of aryl methyl sites for hydroxylation is 1. The second kappa shape index (κ2) is 8.17. The molecule has 25 heavy (non-hydrogen) atoms. The van der Waals surface area contributed by atoms with Gasteiger partial charge in [-0.25, -0.2) is 4.39 Å². The van der Waals surface area contributed by atoms with Gasteiger partial charge in [0.1, 0.15) is 18.2 Å². The van der Waals surface area contributed by atoms with Crippen LogP contribution >= 0.6 is 15.9 Å². The average Bonchev–Trinajstić information content (AvgIpc) is 2.62. The summed E-state index contributed by atoms with van der Waals surface area (Å²) in [5.74, 6) is 0.527. The van der Waals surface area contributed by atoms with E-state index in [0.29, 0.717) is 6.61 Å². The Kier molecular flexibility index (Phi) is 5.71. The normalized spacial score (nSPS) is 10.5. The molecule has 0 fully saturated rings. The standard InChI is InChI=1S/C21H19BrFNO/c1-15-2-9-19(10-3-15)24-13-17-6-11-21(20(22)12-17)25-14-16-4-7-18(23)8-5-16/h2-12,24H,13-14H2,1H3. The number of hydrogen-bond donors (Lipinski definition) is 1. The van der Waals surface area contributed by atoms with E-state index in [2.05, 4.69) is 52.4 Å². The Morgan fingerprint density at radius 1 is 0.920 bits per heavy atom. The van der Waals surface area contributed by atoms with E-state index < -0.39 is 0 Å². The van der Waals surface area contributed by atoms with Crippen LogP contribution in [-0.2, 0) is 13.2 Å². The summed E-state index contributed by atoms with van der Waals surface area (Å²) >= 11 is 3.56. The van der Waals surface area contributed by atoms with E-state index in [1.54, 1.807) is 12.1 Å². The zero-order valence-electron chi connectivity index (χ0n) is 13.9. The lowest BCUT2D eigenvalue weighted by Gasteiger charge is -2.11. The van der Waals surface area contributed by atoms with E-state index in [1.807, 2.05) is 18.2 Å². The smallest absolute Gasteiger partial charge is 0.134 e. The Labute approximate surface area is 155 Å². The van der Waals surface area contributed by atoms with E-state index in [-0.39, 0.29) is 5.82 Å². The summed E-state index contributed by atoms with van der Waals surface area (Å²) < 4.78 is 19.6. The largest absolute Gasteiger partial charge is 0.488 e. The molecule has 2 nitrogen and oxygen atoms in total. The predicted molar refractivity (Wildman–Crippen MR) is 103 cm³/mol. The molecule has 0 bridgehead atoms. The van der Waals surface area contributed by atoms with Gasteiger partial charge in [0.15, 0.2) is 0 Å². The molecular weight excluding hydrogens is 381 g/mol. The first kappa shape index (κ1) is 17.5. The first-order valence-electron chi connectivity index (χ1n) is 8.06. The van der Waals surface area contributed by atoms with Crippen molar-refractivity contribution in [3.05, 3.63) is 93.7 Å². The quantitative estimate of drug-likeness (QED) is 0.541. The number of benzene rings is 3. The van der Waals surface area contributed by atoms with Gasteiger partial charge in [0.25, 0.3) is 0 Å². The molecule has 3 rings (SSSR count). The van der Waals surface area contributed by atoms with Gasteiger partial charge in [-0.1, -0.05) is 35.9 Å². The molecule has 0 saturated heterocycles. The molecule has 0 spiro atoms. The van der Waals surface area contributed by atoms with Gasteiger partial charge in [-0.2, -0.15) is 0 Å². The third-order valence-electron chi connectivity index (χ3n) is 3.85. The van der Waals surface area contributed by atoms with Crippen LogP contribution in [0.4, 0.5) is 10.1 Å². The molecule has 1 N–H and O–H groups in total. The zero-order chi connectivity index (χ0) is 17.6. The number of nitrogens with one attached hydrogen (secondary N) is 1. The minimum absolute atomic E-state index is 0.240. The van der Waals surface area contributed by atoms with Crippen molar-refractivity contribution in [2.45, 2.75) is 20.1 Å². The Morgan fingerprint density at radius 3 is 2.28 bits per heavy atom. The highest BCUT2D eigenvalue weighted by atomic mass is 79.9. The Balaban J connectivity index is 1.58. The molecule has 4 heteroatoms. The van der Waals surface area contributed by atoms with Gasteiger partial charge in [0.2, 0.25) is 0 Å². The van der Waals surface area contributed by atoms with Gasteiger partial charge in [0, 0.05) is 12.2 Å². The summed E-state index contributed by atoms with van der Waals surface area (Å²) in [5, 5.41) is 3.40. The fourth-order valence-electron chi connectivity index (χ4n) is 2.39. The van der Waals surface area contributed by atoms with Gasteiger partial charge in [-0.05, 0) is 70.4 Å².